The van der Waals surface area contributed by atoms with Gasteiger partial charge in [-0.25, -0.2) is 9.97 Å². The zero-order chi connectivity index (χ0) is 12.5. The minimum absolute atomic E-state index is 0.323. The van der Waals surface area contributed by atoms with E-state index in [-0.39, 0.29) is 0 Å². The van der Waals surface area contributed by atoms with Crippen molar-refractivity contribution in [3.05, 3.63) is 29.5 Å². The molecule has 18 heavy (non-hydrogen) atoms. The number of rotatable bonds is 1. The third-order valence-corrected chi connectivity index (χ3v) is 3.65. The van der Waals surface area contributed by atoms with Gasteiger partial charge in [0, 0.05) is 29.5 Å². The van der Waals surface area contributed by atoms with Gasteiger partial charge in [-0.3, -0.25) is 0 Å². The van der Waals surface area contributed by atoms with Crippen LogP contribution in [0, 0.1) is 0 Å². The van der Waals surface area contributed by atoms with Crippen molar-refractivity contribution in [2.24, 2.45) is 5.73 Å². The van der Waals surface area contributed by atoms with Gasteiger partial charge in [0.1, 0.15) is 12.1 Å². The summed E-state index contributed by atoms with van der Waals surface area (Å²) in [6.45, 7) is 1.91. The Morgan fingerprint density at radius 2 is 2.00 bits per heavy atom. The summed E-state index contributed by atoms with van der Waals surface area (Å²) >= 11 is 5.99. The van der Waals surface area contributed by atoms with E-state index in [1.807, 2.05) is 18.2 Å². The molecule has 2 aromatic rings. The normalized spacial score (nSPS) is 17.3. The van der Waals surface area contributed by atoms with Gasteiger partial charge in [0.2, 0.25) is 0 Å². The third kappa shape index (κ3) is 2.13. The van der Waals surface area contributed by atoms with Crippen LogP contribution in [-0.4, -0.2) is 29.1 Å². The predicted molar refractivity (Wildman–Crippen MR) is 74.0 cm³/mol. The molecule has 0 radical (unpaired) electrons. The maximum absolute atomic E-state index is 5.99. The van der Waals surface area contributed by atoms with Crippen LogP contribution >= 0.6 is 11.6 Å². The zero-order valence-corrected chi connectivity index (χ0v) is 10.8. The third-order valence-electron chi connectivity index (χ3n) is 3.42. The number of nitrogens with two attached hydrogens (primary N) is 1. The first-order valence-electron chi connectivity index (χ1n) is 6.15. The molecule has 2 N–H and O–H groups in total. The van der Waals surface area contributed by atoms with E-state index in [1.54, 1.807) is 6.33 Å². The highest BCUT2D eigenvalue weighted by molar-refractivity contribution is 6.31. The molecule has 4 nitrogen and oxygen atoms in total. The van der Waals surface area contributed by atoms with Gasteiger partial charge >= 0.3 is 0 Å². The molecule has 1 aliphatic heterocycles. The number of aromatic nitrogens is 2. The predicted octanol–water partition coefficient (Wildman–Crippen LogP) is 2.21. The number of halogens is 1. The standard InChI is InChI=1S/C13H15ClN4/c14-9-1-2-11-12(7-9)16-8-17-13(11)18-5-3-10(15)4-6-18/h1-2,7-8,10H,3-6,15H2. The van der Waals surface area contributed by atoms with Crippen LogP contribution in [0.15, 0.2) is 24.5 Å². The van der Waals surface area contributed by atoms with E-state index in [9.17, 15) is 0 Å². The second kappa shape index (κ2) is 4.71. The van der Waals surface area contributed by atoms with Gasteiger partial charge in [0.25, 0.3) is 0 Å². The Hall–Kier alpha value is -1.39. The second-order valence-corrected chi connectivity index (χ2v) is 5.12. The van der Waals surface area contributed by atoms with E-state index < -0.39 is 0 Å². The molecule has 0 saturated carbocycles. The molecule has 0 atom stereocenters. The quantitative estimate of drug-likeness (QED) is 0.856. The fraction of sp³-hybridized carbons (Fsp3) is 0.385. The van der Waals surface area contributed by atoms with E-state index >= 15 is 0 Å². The molecule has 0 spiro atoms. The molecule has 1 aliphatic rings. The van der Waals surface area contributed by atoms with Crippen LogP contribution in [0.3, 0.4) is 0 Å². The number of nitrogens with zero attached hydrogens (tertiary/aromatic N) is 3. The second-order valence-electron chi connectivity index (χ2n) is 4.68. The zero-order valence-electron chi connectivity index (χ0n) is 10.0. The molecule has 1 saturated heterocycles. The largest absolute Gasteiger partial charge is 0.356 e. The Labute approximate surface area is 111 Å². The van der Waals surface area contributed by atoms with Crippen LogP contribution in [0.25, 0.3) is 10.9 Å². The summed E-state index contributed by atoms with van der Waals surface area (Å²) < 4.78 is 0. The summed E-state index contributed by atoms with van der Waals surface area (Å²) in [6, 6.07) is 6.06. The number of benzene rings is 1. The molecule has 1 aromatic carbocycles. The van der Waals surface area contributed by atoms with Crippen molar-refractivity contribution in [2.45, 2.75) is 18.9 Å². The lowest BCUT2D eigenvalue weighted by Gasteiger charge is -2.31. The Bertz CT molecular complexity index is 564. The smallest absolute Gasteiger partial charge is 0.139 e. The Morgan fingerprint density at radius 3 is 2.78 bits per heavy atom. The van der Waals surface area contributed by atoms with Crippen molar-refractivity contribution in [2.75, 3.05) is 18.0 Å². The molecule has 0 amide bonds. The van der Waals surface area contributed by atoms with Gasteiger partial charge in [-0.15, -0.1) is 0 Å². The molecule has 2 heterocycles. The fourth-order valence-electron chi connectivity index (χ4n) is 2.38. The SMILES string of the molecule is NC1CCN(c2ncnc3cc(Cl)ccc23)CC1. The number of anilines is 1. The molecular formula is C13H15ClN4. The highest BCUT2D eigenvalue weighted by Crippen LogP contribution is 2.27. The fourth-order valence-corrected chi connectivity index (χ4v) is 2.55. The minimum atomic E-state index is 0.323. The van der Waals surface area contributed by atoms with Gasteiger partial charge in [0.15, 0.2) is 0 Å². The molecule has 0 unspecified atom stereocenters. The van der Waals surface area contributed by atoms with Crippen molar-refractivity contribution < 1.29 is 0 Å². The molecule has 0 aliphatic carbocycles. The first-order valence-corrected chi connectivity index (χ1v) is 6.52. The van der Waals surface area contributed by atoms with Gasteiger partial charge in [0.05, 0.1) is 5.52 Å². The Morgan fingerprint density at radius 1 is 1.22 bits per heavy atom. The summed E-state index contributed by atoms with van der Waals surface area (Å²) in [4.78, 5) is 11.0. The number of hydrogen-bond donors (Lipinski definition) is 1. The van der Waals surface area contributed by atoms with Gasteiger partial charge < -0.3 is 10.6 Å². The summed E-state index contributed by atoms with van der Waals surface area (Å²) in [5, 5.41) is 1.75. The highest BCUT2D eigenvalue weighted by atomic mass is 35.5. The maximum atomic E-state index is 5.99. The summed E-state index contributed by atoms with van der Waals surface area (Å²) in [7, 11) is 0. The summed E-state index contributed by atoms with van der Waals surface area (Å²) in [5.74, 6) is 0.989. The van der Waals surface area contributed by atoms with Crippen LogP contribution in [0.5, 0.6) is 0 Å². The van der Waals surface area contributed by atoms with Crippen molar-refractivity contribution in [3.63, 3.8) is 0 Å². The van der Waals surface area contributed by atoms with Crippen molar-refractivity contribution in [1.29, 1.82) is 0 Å². The lowest BCUT2D eigenvalue weighted by molar-refractivity contribution is 0.499. The molecule has 1 fully saturated rings. The van der Waals surface area contributed by atoms with Crippen LogP contribution < -0.4 is 10.6 Å². The van der Waals surface area contributed by atoms with E-state index in [0.717, 1.165) is 42.7 Å². The lowest BCUT2D eigenvalue weighted by atomic mass is 10.1. The van der Waals surface area contributed by atoms with Crippen LogP contribution in [0.2, 0.25) is 5.02 Å². The van der Waals surface area contributed by atoms with E-state index in [4.69, 9.17) is 17.3 Å². The topological polar surface area (TPSA) is 55.0 Å². The summed E-state index contributed by atoms with van der Waals surface area (Å²) in [5.41, 5.74) is 6.82. The van der Waals surface area contributed by atoms with E-state index in [0.29, 0.717) is 11.1 Å². The van der Waals surface area contributed by atoms with Gasteiger partial charge in [-0.2, -0.15) is 0 Å². The number of fused-ring (bicyclic) bond motifs is 1. The van der Waals surface area contributed by atoms with Crippen LogP contribution in [-0.2, 0) is 0 Å². The van der Waals surface area contributed by atoms with Crippen molar-refractivity contribution in [1.82, 2.24) is 9.97 Å². The first kappa shape index (κ1) is 11.7. The minimum Gasteiger partial charge on any atom is -0.356 e. The van der Waals surface area contributed by atoms with Gasteiger partial charge in [-0.1, -0.05) is 11.6 Å². The molecule has 0 bridgehead atoms. The molecule has 5 heteroatoms. The number of hydrogen-bond acceptors (Lipinski definition) is 4. The molecule has 94 valence electrons. The Balaban J connectivity index is 2.01. The average molecular weight is 263 g/mol. The molecule has 1 aromatic heterocycles. The van der Waals surface area contributed by atoms with Crippen LogP contribution in [0.4, 0.5) is 5.82 Å². The lowest BCUT2D eigenvalue weighted by Crippen LogP contribution is -2.40. The highest BCUT2D eigenvalue weighted by Gasteiger charge is 2.19. The van der Waals surface area contributed by atoms with Crippen molar-refractivity contribution >= 4 is 28.3 Å². The van der Waals surface area contributed by atoms with Crippen LogP contribution in [0.1, 0.15) is 12.8 Å². The summed E-state index contributed by atoms with van der Waals surface area (Å²) in [6.07, 6.45) is 3.63. The van der Waals surface area contributed by atoms with Crippen molar-refractivity contribution in [3.8, 4) is 0 Å². The molecule has 3 rings (SSSR count). The average Bonchev–Trinajstić information content (AvgIpc) is 2.38. The first-order chi connectivity index (χ1) is 8.74. The Kier molecular flexibility index (Phi) is 3.06. The maximum Gasteiger partial charge on any atom is 0.139 e. The van der Waals surface area contributed by atoms with E-state index in [2.05, 4.69) is 14.9 Å². The number of piperidine rings is 1. The monoisotopic (exact) mass is 262 g/mol. The van der Waals surface area contributed by atoms with E-state index in [1.165, 1.54) is 0 Å². The molecular weight excluding hydrogens is 248 g/mol. The van der Waals surface area contributed by atoms with Gasteiger partial charge in [-0.05, 0) is 31.0 Å².